The van der Waals surface area contributed by atoms with Gasteiger partial charge >= 0.3 is 0 Å². The van der Waals surface area contributed by atoms with E-state index in [1.165, 1.54) is 13.2 Å². The van der Waals surface area contributed by atoms with Crippen LogP contribution < -0.4 is 14.2 Å². The van der Waals surface area contributed by atoms with E-state index in [9.17, 15) is 17.9 Å². The van der Waals surface area contributed by atoms with Crippen molar-refractivity contribution in [2.75, 3.05) is 20.8 Å². The number of hydrogen-bond acceptors (Lipinski definition) is 5. The van der Waals surface area contributed by atoms with Crippen molar-refractivity contribution in [2.45, 2.75) is 29.8 Å². The zero-order valence-electron chi connectivity index (χ0n) is 15.2. The van der Waals surface area contributed by atoms with Crippen LogP contribution in [0, 0.1) is 5.82 Å². The average molecular weight is 395 g/mol. The van der Waals surface area contributed by atoms with Crippen molar-refractivity contribution in [2.24, 2.45) is 0 Å². The quantitative estimate of drug-likeness (QED) is 0.784. The minimum Gasteiger partial charge on any atom is -0.497 e. The van der Waals surface area contributed by atoms with E-state index >= 15 is 0 Å². The van der Waals surface area contributed by atoms with Crippen LogP contribution >= 0.6 is 0 Å². The van der Waals surface area contributed by atoms with Crippen molar-refractivity contribution in [3.63, 3.8) is 0 Å². The second-order valence-corrected chi connectivity index (χ2v) is 8.26. The van der Waals surface area contributed by atoms with E-state index in [2.05, 4.69) is 4.72 Å². The molecule has 27 heavy (non-hydrogen) atoms. The van der Waals surface area contributed by atoms with Crippen LogP contribution in [0.4, 0.5) is 4.39 Å². The zero-order valence-corrected chi connectivity index (χ0v) is 16.0. The van der Waals surface area contributed by atoms with Crippen molar-refractivity contribution < 1.29 is 27.4 Å². The molecule has 146 valence electrons. The molecule has 6 nitrogen and oxygen atoms in total. The summed E-state index contributed by atoms with van der Waals surface area (Å²) in [5, 5.41) is 11.1. The minimum atomic E-state index is -4.08. The molecule has 1 atom stereocenters. The summed E-state index contributed by atoms with van der Waals surface area (Å²) in [5.74, 6) is 0.0257. The molecule has 0 radical (unpaired) electrons. The van der Waals surface area contributed by atoms with Gasteiger partial charge in [0.2, 0.25) is 10.0 Å². The lowest BCUT2D eigenvalue weighted by atomic mass is 9.79. The first-order valence-electron chi connectivity index (χ1n) is 8.52. The van der Waals surface area contributed by atoms with Gasteiger partial charge in [0.05, 0.1) is 14.2 Å². The van der Waals surface area contributed by atoms with Crippen molar-refractivity contribution in [1.82, 2.24) is 4.72 Å². The molecule has 2 N–H and O–H groups in total. The summed E-state index contributed by atoms with van der Waals surface area (Å²) in [5.41, 5.74) is 0.238. The van der Waals surface area contributed by atoms with Crippen LogP contribution in [0.3, 0.4) is 0 Å². The third-order valence-electron chi connectivity index (χ3n) is 4.82. The second kappa shape index (κ2) is 7.46. The van der Waals surface area contributed by atoms with E-state index in [-0.39, 0.29) is 17.2 Å². The summed E-state index contributed by atoms with van der Waals surface area (Å²) in [6.07, 6.45) is 1.90. The fourth-order valence-electron chi connectivity index (χ4n) is 3.40. The SMILES string of the molecule is COc1ccc2c(c1)CCCC2(O)CNS(=O)(=O)c1cc(F)ccc1OC. The fourth-order valence-corrected chi connectivity index (χ4v) is 4.67. The summed E-state index contributed by atoms with van der Waals surface area (Å²) in [6, 6.07) is 8.61. The Morgan fingerprint density at radius 1 is 1.19 bits per heavy atom. The standard InChI is InChI=1S/C19H22FNO5S/c1-25-15-6-7-16-13(10-15)4-3-9-19(16,22)12-21-27(23,24)18-11-14(20)5-8-17(18)26-2/h5-8,10-11,21-22H,3-4,9,12H2,1-2H3. The smallest absolute Gasteiger partial charge is 0.244 e. The molecule has 0 saturated heterocycles. The molecule has 2 aromatic carbocycles. The minimum absolute atomic E-state index is 0.0321. The Bertz CT molecular complexity index is 947. The Morgan fingerprint density at radius 3 is 2.67 bits per heavy atom. The molecule has 2 aromatic rings. The monoisotopic (exact) mass is 395 g/mol. The molecule has 0 amide bonds. The maximum absolute atomic E-state index is 13.5. The van der Waals surface area contributed by atoms with Gasteiger partial charge in [-0.3, -0.25) is 0 Å². The predicted molar refractivity (Wildman–Crippen MR) is 98.0 cm³/mol. The van der Waals surface area contributed by atoms with Crippen LogP contribution in [0.2, 0.25) is 0 Å². The Balaban J connectivity index is 1.88. The lowest BCUT2D eigenvalue weighted by Crippen LogP contribution is -2.43. The molecule has 0 aliphatic heterocycles. The van der Waals surface area contributed by atoms with E-state index < -0.39 is 21.4 Å². The van der Waals surface area contributed by atoms with Crippen molar-refractivity contribution in [3.8, 4) is 11.5 Å². The van der Waals surface area contributed by atoms with Crippen LogP contribution in [0.1, 0.15) is 24.0 Å². The van der Waals surface area contributed by atoms with Gasteiger partial charge in [0.15, 0.2) is 0 Å². The van der Waals surface area contributed by atoms with E-state index in [1.807, 2.05) is 6.07 Å². The van der Waals surface area contributed by atoms with Gasteiger partial charge in [-0.1, -0.05) is 6.07 Å². The maximum atomic E-state index is 13.5. The Kier molecular flexibility index (Phi) is 5.41. The highest BCUT2D eigenvalue weighted by Gasteiger charge is 2.36. The Hall–Kier alpha value is -2.16. The van der Waals surface area contributed by atoms with Gasteiger partial charge in [0, 0.05) is 6.54 Å². The summed E-state index contributed by atoms with van der Waals surface area (Å²) in [4.78, 5) is -0.306. The van der Waals surface area contributed by atoms with Gasteiger partial charge in [0.1, 0.15) is 27.8 Å². The number of methoxy groups -OCH3 is 2. The van der Waals surface area contributed by atoms with Crippen LogP contribution in [-0.2, 0) is 22.0 Å². The molecule has 1 unspecified atom stereocenters. The normalized spacial score (nSPS) is 19.4. The number of sulfonamides is 1. The molecule has 1 aliphatic carbocycles. The molecule has 0 saturated carbocycles. The molecule has 0 fully saturated rings. The predicted octanol–water partition coefficient (Wildman–Crippen LogP) is 2.35. The number of fused-ring (bicyclic) bond motifs is 1. The van der Waals surface area contributed by atoms with Crippen molar-refractivity contribution in [1.29, 1.82) is 0 Å². The maximum Gasteiger partial charge on any atom is 0.244 e. The first kappa shape index (κ1) is 19.6. The van der Waals surface area contributed by atoms with E-state index in [4.69, 9.17) is 9.47 Å². The first-order valence-corrected chi connectivity index (χ1v) is 10.0. The Morgan fingerprint density at radius 2 is 1.96 bits per heavy atom. The molecular weight excluding hydrogens is 373 g/mol. The summed E-state index contributed by atoms with van der Waals surface area (Å²) in [7, 11) is -1.20. The average Bonchev–Trinajstić information content (AvgIpc) is 2.66. The van der Waals surface area contributed by atoms with Gasteiger partial charge in [-0.2, -0.15) is 0 Å². The molecule has 3 rings (SSSR count). The number of hydrogen-bond donors (Lipinski definition) is 2. The van der Waals surface area contributed by atoms with E-state index in [0.717, 1.165) is 24.1 Å². The largest absolute Gasteiger partial charge is 0.497 e. The van der Waals surface area contributed by atoms with Crippen LogP contribution in [0.15, 0.2) is 41.3 Å². The third-order valence-corrected chi connectivity index (χ3v) is 6.24. The summed E-state index contributed by atoms with van der Waals surface area (Å²) in [6.45, 7) is -0.228. The highest BCUT2D eigenvalue weighted by atomic mass is 32.2. The highest BCUT2D eigenvalue weighted by molar-refractivity contribution is 7.89. The molecule has 8 heteroatoms. The molecule has 0 heterocycles. The zero-order chi connectivity index (χ0) is 19.7. The van der Waals surface area contributed by atoms with Crippen LogP contribution in [0.5, 0.6) is 11.5 Å². The number of aliphatic hydroxyl groups is 1. The number of halogens is 1. The molecule has 1 aliphatic rings. The number of aryl methyl sites for hydroxylation is 1. The van der Waals surface area contributed by atoms with Crippen molar-refractivity contribution >= 4 is 10.0 Å². The summed E-state index contributed by atoms with van der Waals surface area (Å²) < 4.78 is 51.5. The van der Waals surface area contributed by atoms with Gasteiger partial charge in [-0.05, 0) is 60.7 Å². The number of benzene rings is 2. The fraction of sp³-hybridized carbons (Fsp3) is 0.368. The highest BCUT2D eigenvalue weighted by Crippen LogP contribution is 2.37. The van der Waals surface area contributed by atoms with E-state index in [1.54, 1.807) is 19.2 Å². The molecule has 0 bridgehead atoms. The third kappa shape index (κ3) is 3.92. The lowest BCUT2D eigenvalue weighted by Gasteiger charge is -2.34. The topological polar surface area (TPSA) is 84.9 Å². The van der Waals surface area contributed by atoms with E-state index in [0.29, 0.717) is 24.2 Å². The Labute approximate surface area is 158 Å². The molecule has 0 spiro atoms. The number of rotatable bonds is 6. The molecular formula is C19H22FNO5S. The number of nitrogens with one attached hydrogen (secondary N) is 1. The van der Waals surface area contributed by atoms with Gasteiger partial charge in [-0.15, -0.1) is 0 Å². The summed E-state index contributed by atoms with van der Waals surface area (Å²) >= 11 is 0. The van der Waals surface area contributed by atoms with Gasteiger partial charge in [-0.25, -0.2) is 17.5 Å². The first-order chi connectivity index (χ1) is 12.8. The van der Waals surface area contributed by atoms with Crippen LogP contribution in [0.25, 0.3) is 0 Å². The van der Waals surface area contributed by atoms with Crippen molar-refractivity contribution in [3.05, 3.63) is 53.3 Å². The van der Waals surface area contributed by atoms with Gasteiger partial charge in [0.25, 0.3) is 0 Å². The number of ether oxygens (including phenoxy) is 2. The second-order valence-electron chi connectivity index (χ2n) is 6.53. The molecule has 0 aromatic heterocycles. The lowest BCUT2D eigenvalue weighted by molar-refractivity contribution is 0.0242. The van der Waals surface area contributed by atoms with Crippen LogP contribution in [-0.4, -0.2) is 34.3 Å². The van der Waals surface area contributed by atoms with Gasteiger partial charge < -0.3 is 14.6 Å².